The first kappa shape index (κ1) is 13.6. The van der Waals surface area contributed by atoms with Crippen LogP contribution in [0.1, 0.15) is 24.3 Å². The Kier molecular flexibility index (Phi) is 3.36. The molecule has 0 aliphatic rings. The minimum Gasteiger partial charge on any atom is -0.461 e. The molecule has 0 aliphatic carbocycles. The average molecular weight is 285 g/mol. The van der Waals surface area contributed by atoms with Crippen molar-refractivity contribution >= 4 is 27.0 Å². The summed E-state index contributed by atoms with van der Waals surface area (Å²) in [5.41, 5.74) is 1.17. The molecule has 0 atom stereocenters. The lowest BCUT2D eigenvalue weighted by molar-refractivity contribution is 0.0520. The Morgan fingerprint density at radius 3 is 2.68 bits per heavy atom. The van der Waals surface area contributed by atoms with E-state index in [9.17, 15) is 13.2 Å². The van der Waals surface area contributed by atoms with Gasteiger partial charge in [0, 0.05) is 7.05 Å². The van der Waals surface area contributed by atoms with Gasteiger partial charge in [0.1, 0.15) is 5.69 Å². The summed E-state index contributed by atoms with van der Waals surface area (Å²) in [5, 5.41) is -0.00772. The first-order valence-electron chi connectivity index (χ1n) is 5.86. The predicted octanol–water partition coefficient (Wildman–Crippen LogP) is 0.872. The van der Waals surface area contributed by atoms with Crippen LogP contribution in [0.15, 0.2) is 11.2 Å². The summed E-state index contributed by atoms with van der Waals surface area (Å²) >= 11 is 0. The smallest absolute Gasteiger partial charge is 0.354 e. The Morgan fingerprint density at radius 2 is 2.16 bits per heavy atom. The summed E-state index contributed by atoms with van der Waals surface area (Å²) in [6, 6.07) is 1.54. The highest BCUT2D eigenvalue weighted by molar-refractivity contribution is 7.91. The van der Waals surface area contributed by atoms with E-state index in [1.165, 1.54) is 10.6 Å². The van der Waals surface area contributed by atoms with Crippen LogP contribution in [0.5, 0.6) is 0 Å². The maximum absolute atomic E-state index is 11.8. The lowest BCUT2D eigenvalue weighted by atomic mass is 10.4. The summed E-state index contributed by atoms with van der Waals surface area (Å²) in [6.45, 7) is 3.55. The Balaban J connectivity index is 2.52. The number of nitrogens with one attached hydrogen (secondary N) is 1. The van der Waals surface area contributed by atoms with Crippen LogP contribution >= 0.6 is 0 Å². The highest BCUT2D eigenvalue weighted by Crippen LogP contribution is 2.20. The molecular weight excluding hydrogens is 270 g/mol. The van der Waals surface area contributed by atoms with Crippen LogP contribution in [0, 0.1) is 0 Å². The number of aromatic amines is 1. The van der Waals surface area contributed by atoms with E-state index < -0.39 is 15.8 Å². The molecule has 2 heterocycles. The van der Waals surface area contributed by atoms with E-state index in [1.54, 1.807) is 20.9 Å². The fourth-order valence-corrected chi connectivity index (χ4v) is 2.78. The molecule has 7 nitrogen and oxygen atoms in total. The predicted molar refractivity (Wildman–Crippen MR) is 68.7 cm³/mol. The van der Waals surface area contributed by atoms with Crippen molar-refractivity contribution in [3.63, 3.8) is 0 Å². The van der Waals surface area contributed by atoms with E-state index in [1.807, 2.05) is 0 Å². The van der Waals surface area contributed by atoms with Crippen molar-refractivity contribution in [3.8, 4) is 0 Å². The first-order valence-corrected chi connectivity index (χ1v) is 7.51. The van der Waals surface area contributed by atoms with Crippen molar-refractivity contribution in [2.45, 2.75) is 19.0 Å². The van der Waals surface area contributed by atoms with Gasteiger partial charge in [-0.1, -0.05) is 6.92 Å². The summed E-state index contributed by atoms with van der Waals surface area (Å²) in [5.74, 6) is -0.508. The van der Waals surface area contributed by atoms with Crippen molar-refractivity contribution in [3.05, 3.63) is 11.8 Å². The van der Waals surface area contributed by atoms with Gasteiger partial charge in [0.2, 0.25) is 15.0 Å². The zero-order valence-electron chi connectivity index (χ0n) is 10.9. The molecule has 0 spiro atoms. The van der Waals surface area contributed by atoms with Gasteiger partial charge in [-0.05, 0) is 13.0 Å². The second-order valence-electron chi connectivity index (χ2n) is 3.99. The van der Waals surface area contributed by atoms with Crippen molar-refractivity contribution in [2.24, 2.45) is 7.05 Å². The van der Waals surface area contributed by atoms with Crippen LogP contribution < -0.4 is 0 Å². The van der Waals surface area contributed by atoms with E-state index in [0.717, 1.165) is 0 Å². The molecule has 8 heteroatoms. The number of fused-ring (bicyclic) bond motifs is 1. The number of esters is 1. The zero-order valence-corrected chi connectivity index (χ0v) is 11.7. The molecule has 0 radical (unpaired) electrons. The number of rotatable bonds is 4. The lowest BCUT2D eigenvalue weighted by Gasteiger charge is -2.01. The van der Waals surface area contributed by atoms with Gasteiger partial charge < -0.3 is 14.3 Å². The Bertz CT molecular complexity index is 727. The SMILES string of the molecule is CCOC(=O)c1cc2c(nc(S(=O)(=O)CC)n2C)[nH]1. The van der Waals surface area contributed by atoms with Crippen molar-refractivity contribution in [1.29, 1.82) is 0 Å². The number of aryl methyl sites for hydroxylation is 1. The van der Waals surface area contributed by atoms with E-state index in [-0.39, 0.29) is 23.2 Å². The number of aromatic nitrogens is 3. The minimum atomic E-state index is -3.39. The van der Waals surface area contributed by atoms with Gasteiger partial charge in [0.05, 0.1) is 17.9 Å². The van der Waals surface area contributed by atoms with E-state index in [4.69, 9.17) is 4.74 Å². The first-order chi connectivity index (χ1) is 8.90. The van der Waals surface area contributed by atoms with Crippen LogP contribution in [0.4, 0.5) is 0 Å². The van der Waals surface area contributed by atoms with Gasteiger partial charge in [0.25, 0.3) is 0 Å². The third kappa shape index (κ3) is 2.23. The zero-order chi connectivity index (χ0) is 14.2. The second-order valence-corrected chi connectivity index (χ2v) is 6.17. The maximum atomic E-state index is 11.8. The van der Waals surface area contributed by atoms with Crippen LogP contribution in [-0.2, 0) is 21.6 Å². The quantitative estimate of drug-likeness (QED) is 0.841. The molecule has 0 unspecified atom stereocenters. The van der Waals surface area contributed by atoms with Crippen LogP contribution in [0.3, 0.4) is 0 Å². The number of nitrogens with zero attached hydrogens (tertiary/aromatic N) is 2. The molecule has 0 aliphatic heterocycles. The van der Waals surface area contributed by atoms with Gasteiger partial charge in [-0.15, -0.1) is 0 Å². The Morgan fingerprint density at radius 1 is 1.47 bits per heavy atom. The molecular formula is C11H15N3O4S. The number of ether oxygens (including phenoxy) is 1. The molecule has 2 rings (SSSR count). The Labute approximate surface area is 110 Å². The summed E-state index contributed by atoms with van der Waals surface area (Å²) in [6.07, 6.45) is 0. The molecule has 0 saturated carbocycles. The summed E-state index contributed by atoms with van der Waals surface area (Å²) in [7, 11) is -1.79. The summed E-state index contributed by atoms with van der Waals surface area (Å²) in [4.78, 5) is 18.3. The molecule has 0 saturated heterocycles. The highest BCUT2D eigenvalue weighted by Gasteiger charge is 2.22. The lowest BCUT2D eigenvalue weighted by Crippen LogP contribution is -2.10. The van der Waals surface area contributed by atoms with Gasteiger partial charge in [-0.3, -0.25) is 0 Å². The van der Waals surface area contributed by atoms with E-state index >= 15 is 0 Å². The van der Waals surface area contributed by atoms with Crippen molar-refractivity contribution in [1.82, 2.24) is 14.5 Å². The number of hydrogen-bond acceptors (Lipinski definition) is 5. The molecule has 0 aromatic carbocycles. The Hall–Kier alpha value is -1.83. The highest BCUT2D eigenvalue weighted by atomic mass is 32.2. The topological polar surface area (TPSA) is 94.0 Å². The average Bonchev–Trinajstić information content (AvgIpc) is 2.90. The molecule has 104 valence electrons. The molecule has 0 bridgehead atoms. The fraction of sp³-hybridized carbons (Fsp3) is 0.455. The van der Waals surface area contributed by atoms with Crippen LogP contribution in [0.2, 0.25) is 0 Å². The van der Waals surface area contributed by atoms with Gasteiger partial charge in [-0.25, -0.2) is 18.2 Å². The van der Waals surface area contributed by atoms with Gasteiger partial charge in [0.15, 0.2) is 5.65 Å². The number of carbonyl (C=O) groups excluding carboxylic acids is 1. The number of sulfone groups is 1. The third-order valence-electron chi connectivity index (χ3n) is 2.79. The molecule has 2 aromatic heterocycles. The minimum absolute atomic E-state index is 0.00772. The monoisotopic (exact) mass is 285 g/mol. The fourth-order valence-electron chi connectivity index (χ4n) is 1.77. The third-order valence-corrected chi connectivity index (χ3v) is 4.47. The standard InChI is InChI=1S/C11H15N3O4S/c1-4-18-10(15)7-6-8-9(12-7)13-11(14(8)3)19(16,17)5-2/h6,12H,4-5H2,1-3H3. The van der Waals surface area contributed by atoms with Crippen molar-refractivity contribution in [2.75, 3.05) is 12.4 Å². The van der Waals surface area contributed by atoms with E-state index in [0.29, 0.717) is 11.2 Å². The molecule has 2 aromatic rings. The second kappa shape index (κ2) is 4.69. The molecule has 1 N–H and O–H groups in total. The largest absolute Gasteiger partial charge is 0.461 e. The van der Waals surface area contributed by atoms with Gasteiger partial charge in [-0.2, -0.15) is 0 Å². The summed E-state index contributed by atoms with van der Waals surface area (Å²) < 4.78 is 30.0. The normalized spacial score (nSPS) is 11.9. The van der Waals surface area contributed by atoms with Crippen molar-refractivity contribution < 1.29 is 17.9 Å². The number of carbonyl (C=O) groups is 1. The van der Waals surface area contributed by atoms with Crippen LogP contribution in [-0.4, -0.2) is 41.3 Å². The van der Waals surface area contributed by atoms with Gasteiger partial charge >= 0.3 is 5.97 Å². The van der Waals surface area contributed by atoms with Crippen LogP contribution in [0.25, 0.3) is 11.2 Å². The van der Waals surface area contributed by atoms with E-state index in [2.05, 4.69) is 9.97 Å². The maximum Gasteiger partial charge on any atom is 0.354 e. The molecule has 19 heavy (non-hydrogen) atoms. The molecule has 0 fully saturated rings. The number of hydrogen-bond donors (Lipinski definition) is 1. The molecule has 0 amide bonds. The number of H-pyrrole nitrogens is 1. The number of imidazole rings is 1.